The van der Waals surface area contributed by atoms with Gasteiger partial charge in [-0.25, -0.2) is 0 Å². The maximum atomic E-state index is 13.9. The van der Waals surface area contributed by atoms with Crippen molar-refractivity contribution < 1.29 is 48.4 Å². The van der Waals surface area contributed by atoms with Crippen LogP contribution in [0.2, 0.25) is 12.6 Å². The smallest absolute Gasteiger partial charge is 0.378 e. The average molecular weight is 456 g/mol. The molecule has 0 saturated heterocycles. The molecule has 168 valence electrons. The molecule has 0 heterocycles. The first-order valence-electron chi connectivity index (χ1n) is 8.05. The Labute approximate surface area is 164 Å². The summed E-state index contributed by atoms with van der Waals surface area (Å²) in [5.74, 6) is -15.1. The topological polar surface area (TPSA) is 18.5 Å². The van der Waals surface area contributed by atoms with Crippen LogP contribution in [0.3, 0.4) is 0 Å². The van der Waals surface area contributed by atoms with Crippen molar-refractivity contribution in [1.29, 1.82) is 0 Å². The third-order valence-corrected chi connectivity index (χ3v) is 6.78. The highest BCUT2D eigenvalue weighted by Crippen LogP contribution is 2.54. The minimum absolute atomic E-state index is 1.10. The van der Waals surface area contributed by atoms with Gasteiger partial charge in [-0.05, 0) is 40.3 Å². The zero-order valence-electron chi connectivity index (χ0n) is 16.3. The molecule has 0 aromatic rings. The van der Waals surface area contributed by atoms with Gasteiger partial charge in [-0.3, -0.25) is 0 Å². The van der Waals surface area contributed by atoms with Crippen LogP contribution < -0.4 is 0 Å². The van der Waals surface area contributed by atoms with Crippen molar-refractivity contribution in [3.63, 3.8) is 0 Å². The lowest BCUT2D eigenvalue weighted by atomic mass is 10.0. The minimum atomic E-state index is -6.96. The molecule has 0 bridgehead atoms. The van der Waals surface area contributed by atoms with Gasteiger partial charge in [0.2, 0.25) is 0 Å². The number of halogens is 9. The second-order valence-corrected chi connectivity index (χ2v) is 10.7. The van der Waals surface area contributed by atoms with Crippen LogP contribution in [0.1, 0.15) is 34.1 Å². The fourth-order valence-corrected chi connectivity index (χ4v) is 5.50. The second kappa shape index (κ2) is 8.04. The van der Waals surface area contributed by atoms with Gasteiger partial charge in [-0.2, -0.15) is 39.5 Å². The van der Waals surface area contributed by atoms with E-state index in [0.717, 1.165) is 6.55 Å². The quantitative estimate of drug-likeness (QED) is 0.249. The van der Waals surface area contributed by atoms with E-state index in [1.165, 1.54) is 27.7 Å². The molecule has 0 spiro atoms. The van der Waals surface area contributed by atoms with Crippen molar-refractivity contribution in [1.82, 2.24) is 0 Å². The first-order valence-corrected chi connectivity index (χ1v) is 10.6. The standard InChI is InChI=1S/C17H21F9O2Si/c1-8-12(3,4)27-29(7,28-13(5,6)9-2)11-10-14(18,19)15(20,21)16(22,23)17(24,25)26/h1-2H,10-11H2,3-7H3. The van der Waals surface area contributed by atoms with Gasteiger partial charge < -0.3 is 8.85 Å². The third kappa shape index (κ3) is 6.30. The molecule has 0 aliphatic carbocycles. The molecule has 12 heteroatoms. The molecule has 29 heavy (non-hydrogen) atoms. The number of alkyl halides is 9. The summed E-state index contributed by atoms with van der Waals surface area (Å²) in [6.45, 7) is 6.37. The van der Waals surface area contributed by atoms with Crippen LogP contribution in [-0.2, 0) is 8.85 Å². The Morgan fingerprint density at radius 2 is 1.07 bits per heavy atom. The molecule has 0 amide bonds. The largest absolute Gasteiger partial charge is 0.460 e. The molecule has 0 aliphatic rings. The summed E-state index contributed by atoms with van der Waals surface area (Å²) < 4.78 is 128. The van der Waals surface area contributed by atoms with Crippen LogP contribution in [0.5, 0.6) is 0 Å². The molecule has 0 N–H and O–H groups in total. The van der Waals surface area contributed by atoms with Crippen molar-refractivity contribution in [2.45, 2.75) is 81.9 Å². The molecular weight excluding hydrogens is 435 g/mol. The van der Waals surface area contributed by atoms with Crippen molar-refractivity contribution >= 4 is 8.56 Å². The number of hydrogen-bond donors (Lipinski definition) is 0. The summed E-state index contributed by atoms with van der Waals surface area (Å²) >= 11 is 0. The van der Waals surface area contributed by atoms with Crippen LogP contribution in [0.25, 0.3) is 0 Å². The Bertz CT molecular complexity index is 642. The molecule has 0 aromatic carbocycles. The van der Waals surface area contributed by atoms with Crippen LogP contribution in [0.15, 0.2) is 0 Å². The SMILES string of the molecule is C#CC(C)(C)O[Si](C)(CCC(F)(F)C(F)(F)C(F)(F)C(F)(F)F)OC(C)(C)C#C. The molecular formula is C17H21F9O2Si. The fraction of sp³-hybridized carbons (Fsp3) is 0.765. The fourth-order valence-electron chi connectivity index (χ4n) is 2.21. The summed E-state index contributed by atoms with van der Waals surface area (Å²) in [5.41, 5.74) is -2.89. The monoisotopic (exact) mass is 456 g/mol. The Hall–Kier alpha value is -1.37. The van der Waals surface area contributed by atoms with E-state index in [-0.39, 0.29) is 0 Å². The summed E-state index contributed by atoms with van der Waals surface area (Å²) in [6, 6.07) is -1.10. The van der Waals surface area contributed by atoms with Gasteiger partial charge in [0.25, 0.3) is 0 Å². The average Bonchev–Trinajstić information content (AvgIpc) is 2.50. The number of hydrogen-bond acceptors (Lipinski definition) is 2. The van der Waals surface area contributed by atoms with E-state index < -0.39 is 56.2 Å². The molecule has 0 radical (unpaired) electrons. The molecule has 2 nitrogen and oxygen atoms in total. The van der Waals surface area contributed by atoms with E-state index in [0.29, 0.717) is 0 Å². The third-order valence-electron chi connectivity index (χ3n) is 3.74. The Kier molecular flexibility index (Phi) is 7.66. The molecule has 0 rings (SSSR count). The highest BCUT2D eigenvalue weighted by Gasteiger charge is 2.81. The van der Waals surface area contributed by atoms with Crippen molar-refractivity contribution in [3.8, 4) is 24.7 Å². The van der Waals surface area contributed by atoms with Crippen molar-refractivity contribution in [2.75, 3.05) is 0 Å². The maximum absolute atomic E-state index is 13.9. The lowest BCUT2D eigenvalue weighted by Gasteiger charge is -2.39. The second-order valence-electron chi connectivity index (χ2n) is 7.50. The van der Waals surface area contributed by atoms with Crippen LogP contribution in [-0.4, -0.2) is 43.7 Å². The zero-order valence-corrected chi connectivity index (χ0v) is 17.3. The minimum Gasteiger partial charge on any atom is -0.378 e. The van der Waals surface area contributed by atoms with Crippen LogP contribution in [0, 0.1) is 24.7 Å². The highest BCUT2D eigenvalue weighted by atomic mass is 28.4. The molecule has 0 aliphatic heterocycles. The summed E-state index contributed by atoms with van der Waals surface area (Å²) in [4.78, 5) is 0. The maximum Gasteiger partial charge on any atom is 0.460 e. The first-order chi connectivity index (χ1) is 12.5. The van der Waals surface area contributed by atoms with Gasteiger partial charge in [0.05, 0.1) is 0 Å². The molecule has 0 saturated carbocycles. The summed E-state index contributed by atoms with van der Waals surface area (Å²) in [7, 11) is -3.98. The van der Waals surface area contributed by atoms with Gasteiger partial charge in [0, 0.05) is 6.42 Å². The van der Waals surface area contributed by atoms with Gasteiger partial charge in [-0.15, -0.1) is 12.8 Å². The number of rotatable bonds is 9. The Balaban J connectivity index is 5.90. The Morgan fingerprint density at radius 1 is 0.724 bits per heavy atom. The van der Waals surface area contributed by atoms with Gasteiger partial charge in [0.1, 0.15) is 11.2 Å². The Morgan fingerprint density at radius 3 is 1.34 bits per heavy atom. The molecule has 0 atom stereocenters. The normalized spacial score (nSPS) is 15.0. The van der Waals surface area contributed by atoms with E-state index in [2.05, 4.69) is 11.8 Å². The summed E-state index contributed by atoms with van der Waals surface area (Å²) in [5, 5.41) is 0. The zero-order chi connectivity index (χ0) is 23.7. The predicted octanol–water partition coefficient (Wildman–Crippen LogP) is 5.77. The van der Waals surface area contributed by atoms with Gasteiger partial charge in [0.15, 0.2) is 0 Å². The summed E-state index contributed by atoms with van der Waals surface area (Å²) in [6.07, 6.45) is 1.48. The first kappa shape index (κ1) is 27.6. The molecule has 0 unspecified atom stereocenters. The van der Waals surface area contributed by atoms with Gasteiger partial charge in [-0.1, -0.05) is 11.8 Å². The van der Waals surface area contributed by atoms with E-state index in [9.17, 15) is 39.5 Å². The van der Waals surface area contributed by atoms with Crippen molar-refractivity contribution in [3.05, 3.63) is 0 Å². The van der Waals surface area contributed by atoms with E-state index >= 15 is 0 Å². The van der Waals surface area contributed by atoms with Crippen LogP contribution in [0.4, 0.5) is 39.5 Å². The van der Waals surface area contributed by atoms with E-state index in [1.54, 1.807) is 0 Å². The molecule has 0 aromatic heterocycles. The van der Waals surface area contributed by atoms with Gasteiger partial charge >= 0.3 is 32.5 Å². The van der Waals surface area contributed by atoms with Crippen LogP contribution >= 0.6 is 0 Å². The molecule has 0 fully saturated rings. The lowest BCUT2D eigenvalue weighted by Crippen LogP contribution is -2.61. The van der Waals surface area contributed by atoms with Crippen molar-refractivity contribution in [2.24, 2.45) is 0 Å². The predicted molar refractivity (Wildman–Crippen MR) is 89.9 cm³/mol. The lowest BCUT2D eigenvalue weighted by molar-refractivity contribution is -0.396. The number of terminal acetylenes is 2. The van der Waals surface area contributed by atoms with E-state index in [1.807, 2.05) is 0 Å². The highest BCUT2D eigenvalue weighted by molar-refractivity contribution is 6.66. The van der Waals surface area contributed by atoms with E-state index in [4.69, 9.17) is 21.7 Å².